The minimum Gasteiger partial charge on any atom is -0.338 e. The molecule has 0 bridgehead atoms. The zero-order valence-corrected chi connectivity index (χ0v) is 16.7. The molecule has 2 heterocycles. The lowest BCUT2D eigenvalue weighted by molar-refractivity contribution is -0.127. The van der Waals surface area contributed by atoms with E-state index in [1.54, 1.807) is 0 Å². The second-order valence-corrected chi connectivity index (χ2v) is 8.47. The van der Waals surface area contributed by atoms with E-state index in [-0.39, 0.29) is 11.2 Å². The second kappa shape index (κ2) is 8.83. The molecule has 1 aromatic rings. The van der Waals surface area contributed by atoms with Crippen molar-refractivity contribution in [2.24, 2.45) is 5.41 Å². The summed E-state index contributed by atoms with van der Waals surface area (Å²) in [7, 11) is 0. The lowest BCUT2D eigenvalue weighted by Crippen LogP contribution is -2.42. The van der Waals surface area contributed by atoms with E-state index in [0.717, 1.165) is 57.5 Å². The number of hydrogen-bond acceptors (Lipinski definition) is 3. The van der Waals surface area contributed by atoms with Gasteiger partial charge in [-0.15, -0.1) is 0 Å². The monoisotopic (exact) mass is 368 g/mol. The Bertz CT molecular complexity index is 684. The average molecular weight is 369 g/mol. The van der Waals surface area contributed by atoms with Gasteiger partial charge in [0, 0.05) is 31.5 Å². The summed E-state index contributed by atoms with van der Waals surface area (Å²) in [5.41, 5.74) is 2.27. The highest BCUT2D eigenvalue weighted by atomic mass is 16.2. The van der Waals surface area contributed by atoms with Crippen molar-refractivity contribution in [3.8, 4) is 0 Å². The summed E-state index contributed by atoms with van der Waals surface area (Å²) in [4.78, 5) is 29.1. The fourth-order valence-electron chi connectivity index (χ4n) is 4.26. The SMILES string of the molecule is CC(C)=CCN1CC2(CCN(CCCC(=O)c3ccccc3)CC2)CC1=O. The van der Waals surface area contributed by atoms with Gasteiger partial charge in [0.1, 0.15) is 0 Å². The van der Waals surface area contributed by atoms with Crippen molar-refractivity contribution in [2.45, 2.75) is 46.0 Å². The predicted molar refractivity (Wildman–Crippen MR) is 109 cm³/mol. The number of likely N-dealkylation sites (tertiary alicyclic amines) is 2. The Kier molecular flexibility index (Phi) is 6.48. The van der Waals surface area contributed by atoms with Gasteiger partial charge in [-0.1, -0.05) is 42.0 Å². The van der Waals surface area contributed by atoms with Crippen molar-refractivity contribution < 1.29 is 9.59 Å². The van der Waals surface area contributed by atoms with E-state index in [1.807, 2.05) is 35.2 Å². The minimum absolute atomic E-state index is 0.183. The molecule has 0 aromatic heterocycles. The fraction of sp³-hybridized carbons (Fsp3) is 0.565. The normalized spacial score (nSPS) is 19.5. The first-order valence-corrected chi connectivity index (χ1v) is 10.2. The molecular weight excluding hydrogens is 336 g/mol. The van der Waals surface area contributed by atoms with Gasteiger partial charge in [0.05, 0.1) is 0 Å². The molecule has 2 fully saturated rings. The molecule has 3 rings (SSSR count). The van der Waals surface area contributed by atoms with Crippen LogP contribution >= 0.6 is 0 Å². The van der Waals surface area contributed by atoms with Crippen molar-refractivity contribution in [3.63, 3.8) is 0 Å². The van der Waals surface area contributed by atoms with E-state index in [4.69, 9.17) is 0 Å². The standard InChI is InChI=1S/C23H32N2O2/c1-19(2)10-14-25-18-23(17-22(25)27)11-15-24(16-12-23)13-6-9-21(26)20-7-4-3-5-8-20/h3-5,7-8,10H,6,9,11-18H2,1-2H3. The number of nitrogens with zero attached hydrogens (tertiary/aromatic N) is 2. The fourth-order valence-corrected chi connectivity index (χ4v) is 4.26. The number of amides is 1. The summed E-state index contributed by atoms with van der Waals surface area (Å²) in [6.07, 6.45) is 6.57. The lowest BCUT2D eigenvalue weighted by Gasteiger charge is -2.38. The quantitative estimate of drug-likeness (QED) is 0.541. The van der Waals surface area contributed by atoms with Crippen molar-refractivity contribution in [2.75, 3.05) is 32.7 Å². The van der Waals surface area contributed by atoms with Gasteiger partial charge in [0.15, 0.2) is 5.78 Å². The summed E-state index contributed by atoms with van der Waals surface area (Å²) in [5.74, 6) is 0.551. The van der Waals surface area contributed by atoms with Gasteiger partial charge in [-0.25, -0.2) is 0 Å². The van der Waals surface area contributed by atoms with Crippen molar-refractivity contribution in [1.82, 2.24) is 9.80 Å². The predicted octanol–water partition coefficient (Wildman–Crippen LogP) is 3.93. The van der Waals surface area contributed by atoms with E-state index >= 15 is 0 Å². The molecule has 0 saturated carbocycles. The number of rotatable bonds is 7. The van der Waals surface area contributed by atoms with Crippen LogP contribution in [0, 0.1) is 5.41 Å². The van der Waals surface area contributed by atoms with Gasteiger partial charge in [-0.05, 0) is 58.2 Å². The number of piperidine rings is 1. The molecule has 1 aromatic carbocycles. The largest absolute Gasteiger partial charge is 0.338 e. The summed E-state index contributed by atoms with van der Waals surface area (Å²) in [5, 5.41) is 0. The number of allylic oxidation sites excluding steroid dienone is 1. The molecule has 1 amide bonds. The van der Waals surface area contributed by atoms with Crippen LogP contribution in [0.4, 0.5) is 0 Å². The highest BCUT2D eigenvalue weighted by Gasteiger charge is 2.44. The molecule has 0 aliphatic carbocycles. The van der Waals surface area contributed by atoms with Crippen LogP contribution < -0.4 is 0 Å². The van der Waals surface area contributed by atoms with Gasteiger partial charge in [0.25, 0.3) is 0 Å². The molecule has 2 aliphatic heterocycles. The van der Waals surface area contributed by atoms with Crippen LogP contribution in [-0.4, -0.2) is 54.2 Å². The Morgan fingerprint density at radius 3 is 2.52 bits per heavy atom. The van der Waals surface area contributed by atoms with Crippen molar-refractivity contribution >= 4 is 11.7 Å². The second-order valence-electron chi connectivity index (χ2n) is 8.47. The summed E-state index contributed by atoms with van der Waals surface area (Å²) in [6.45, 7) is 8.90. The molecule has 0 atom stereocenters. The van der Waals surface area contributed by atoms with E-state index < -0.39 is 0 Å². The number of Topliss-reactive ketones (excluding diaryl/α,β-unsaturated/α-hetero) is 1. The van der Waals surface area contributed by atoms with Gasteiger partial charge < -0.3 is 9.80 Å². The zero-order valence-electron chi connectivity index (χ0n) is 16.7. The van der Waals surface area contributed by atoms with Gasteiger partial charge in [-0.2, -0.15) is 0 Å². The molecule has 0 unspecified atom stereocenters. The van der Waals surface area contributed by atoms with Crippen molar-refractivity contribution in [3.05, 3.63) is 47.5 Å². The highest BCUT2D eigenvalue weighted by molar-refractivity contribution is 5.95. The Morgan fingerprint density at radius 1 is 1.15 bits per heavy atom. The summed E-state index contributed by atoms with van der Waals surface area (Å²) < 4.78 is 0. The van der Waals surface area contributed by atoms with Gasteiger partial charge in [0.2, 0.25) is 5.91 Å². The number of carbonyl (C=O) groups excluding carboxylic acids is 2. The molecule has 4 nitrogen and oxygen atoms in total. The Morgan fingerprint density at radius 2 is 1.85 bits per heavy atom. The number of hydrogen-bond donors (Lipinski definition) is 0. The molecule has 2 saturated heterocycles. The Hall–Kier alpha value is -1.94. The Labute approximate surface area is 163 Å². The third-order valence-electron chi connectivity index (χ3n) is 6.02. The third-order valence-corrected chi connectivity index (χ3v) is 6.02. The first kappa shape index (κ1) is 19.8. The van der Waals surface area contributed by atoms with Crippen molar-refractivity contribution in [1.29, 1.82) is 0 Å². The first-order valence-electron chi connectivity index (χ1n) is 10.2. The van der Waals surface area contributed by atoms with Crippen LogP contribution in [0.3, 0.4) is 0 Å². The molecule has 4 heteroatoms. The topological polar surface area (TPSA) is 40.6 Å². The molecular formula is C23H32N2O2. The molecule has 27 heavy (non-hydrogen) atoms. The van der Waals surface area contributed by atoms with E-state index in [2.05, 4.69) is 24.8 Å². The van der Waals surface area contributed by atoms with Crippen LogP contribution in [0.1, 0.15) is 56.3 Å². The number of benzene rings is 1. The van der Waals surface area contributed by atoms with Gasteiger partial charge in [-0.3, -0.25) is 9.59 Å². The highest BCUT2D eigenvalue weighted by Crippen LogP contribution is 2.41. The van der Waals surface area contributed by atoms with E-state index in [1.165, 1.54) is 5.57 Å². The number of carbonyl (C=O) groups is 2. The third kappa shape index (κ3) is 5.29. The molecule has 0 N–H and O–H groups in total. The minimum atomic E-state index is 0.183. The maximum atomic E-state index is 12.4. The van der Waals surface area contributed by atoms with Crippen LogP contribution in [0.25, 0.3) is 0 Å². The van der Waals surface area contributed by atoms with Crippen LogP contribution in [-0.2, 0) is 4.79 Å². The van der Waals surface area contributed by atoms with E-state index in [0.29, 0.717) is 18.7 Å². The first-order chi connectivity index (χ1) is 13.0. The summed E-state index contributed by atoms with van der Waals surface area (Å²) >= 11 is 0. The molecule has 1 spiro atoms. The maximum Gasteiger partial charge on any atom is 0.223 e. The van der Waals surface area contributed by atoms with Crippen LogP contribution in [0.2, 0.25) is 0 Å². The maximum absolute atomic E-state index is 12.4. The van der Waals surface area contributed by atoms with Crippen LogP contribution in [0.15, 0.2) is 42.0 Å². The van der Waals surface area contributed by atoms with E-state index in [9.17, 15) is 9.59 Å². The Balaban J connectivity index is 1.41. The average Bonchev–Trinajstić information content (AvgIpc) is 2.97. The lowest BCUT2D eigenvalue weighted by atomic mass is 9.77. The zero-order chi connectivity index (χ0) is 19.3. The molecule has 0 radical (unpaired) electrons. The van der Waals surface area contributed by atoms with Crippen LogP contribution in [0.5, 0.6) is 0 Å². The smallest absolute Gasteiger partial charge is 0.223 e. The molecule has 2 aliphatic rings. The van der Waals surface area contributed by atoms with Gasteiger partial charge >= 0.3 is 0 Å². The molecule has 146 valence electrons. The summed E-state index contributed by atoms with van der Waals surface area (Å²) in [6, 6.07) is 9.56. The number of ketones is 1.